The molecule has 21 heavy (non-hydrogen) atoms. The molecule has 112 valence electrons. The highest BCUT2D eigenvalue weighted by atomic mass is 15.5. The summed E-state index contributed by atoms with van der Waals surface area (Å²) in [5, 5.41) is 15.1. The fourth-order valence-corrected chi connectivity index (χ4v) is 3.27. The van der Waals surface area contributed by atoms with E-state index in [-0.39, 0.29) is 0 Å². The lowest BCUT2D eigenvalue weighted by Gasteiger charge is -2.36. The fraction of sp³-hybridized carbons (Fsp3) is 0.562. The lowest BCUT2D eigenvalue weighted by atomic mass is 9.75. The van der Waals surface area contributed by atoms with E-state index in [1.165, 1.54) is 25.7 Å². The first-order valence-corrected chi connectivity index (χ1v) is 7.64. The number of rotatable bonds is 3. The first kappa shape index (κ1) is 14.0. The zero-order chi connectivity index (χ0) is 14.9. The molecule has 0 amide bonds. The Hall–Kier alpha value is -1.91. The van der Waals surface area contributed by atoms with Gasteiger partial charge in [0.1, 0.15) is 6.33 Å². The van der Waals surface area contributed by atoms with Crippen LogP contribution in [0.4, 0.5) is 5.69 Å². The van der Waals surface area contributed by atoms with E-state index in [2.05, 4.69) is 59.8 Å². The molecule has 0 bridgehead atoms. The summed E-state index contributed by atoms with van der Waals surface area (Å²) in [5.41, 5.74) is 3.78. The third-order valence-corrected chi connectivity index (χ3v) is 4.38. The van der Waals surface area contributed by atoms with Gasteiger partial charge in [-0.05, 0) is 59.7 Å². The van der Waals surface area contributed by atoms with Crippen LogP contribution in [0.2, 0.25) is 0 Å². The molecule has 1 saturated carbocycles. The zero-order valence-corrected chi connectivity index (χ0v) is 13.0. The van der Waals surface area contributed by atoms with Crippen molar-refractivity contribution in [2.45, 2.75) is 52.5 Å². The van der Waals surface area contributed by atoms with Crippen LogP contribution in [0.5, 0.6) is 0 Å². The van der Waals surface area contributed by atoms with E-state index < -0.39 is 0 Å². The first-order valence-electron chi connectivity index (χ1n) is 7.64. The Balaban J connectivity index is 1.79. The Morgan fingerprint density at radius 1 is 1.33 bits per heavy atom. The molecule has 1 fully saturated rings. The maximum absolute atomic E-state index is 3.99. The SMILES string of the molecule is Cc1ccc(NC2CCCC(C)(C)C2)cc1-n1cnnn1. The zero-order valence-electron chi connectivity index (χ0n) is 13.0. The number of hydrogen-bond donors (Lipinski definition) is 1. The van der Waals surface area contributed by atoms with Crippen LogP contribution in [-0.2, 0) is 0 Å². The molecule has 5 heteroatoms. The summed E-state index contributed by atoms with van der Waals surface area (Å²) in [6.07, 6.45) is 6.74. The van der Waals surface area contributed by atoms with Crippen molar-refractivity contribution in [3.8, 4) is 5.69 Å². The molecule has 0 aliphatic heterocycles. The summed E-state index contributed by atoms with van der Waals surface area (Å²) < 4.78 is 1.71. The Bertz CT molecular complexity index is 603. The molecular weight excluding hydrogens is 262 g/mol. The molecule has 2 aromatic rings. The number of nitrogens with one attached hydrogen (secondary N) is 1. The van der Waals surface area contributed by atoms with Crippen LogP contribution < -0.4 is 5.32 Å². The minimum Gasteiger partial charge on any atom is -0.382 e. The standard InChI is InChI=1S/C16H23N5/c1-12-6-7-13(9-15(12)21-11-17-19-20-21)18-14-5-4-8-16(2,3)10-14/h6-7,9,11,14,18H,4-5,8,10H2,1-3H3. The van der Waals surface area contributed by atoms with Crippen LogP contribution in [0.3, 0.4) is 0 Å². The predicted octanol–water partition coefficient (Wildman–Crippen LogP) is 3.35. The molecular formula is C16H23N5. The van der Waals surface area contributed by atoms with Crippen LogP contribution in [0.1, 0.15) is 45.1 Å². The van der Waals surface area contributed by atoms with E-state index in [4.69, 9.17) is 0 Å². The van der Waals surface area contributed by atoms with Gasteiger partial charge in [0.2, 0.25) is 0 Å². The van der Waals surface area contributed by atoms with Gasteiger partial charge in [0.15, 0.2) is 0 Å². The summed E-state index contributed by atoms with van der Waals surface area (Å²) in [6.45, 7) is 6.80. The van der Waals surface area contributed by atoms with Gasteiger partial charge in [-0.3, -0.25) is 0 Å². The summed E-state index contributed by atoms with van der Waals surface area (Å²) in [7, 11) is 0. The topological polar surface area (TPSA) is 55.6 Å². The highest BCUT2D eigenvalue weighted by molar-refractivity contribution is 5.55. The van der Waals surface area contributed by atoms with Crippen molar-refractivity contribution in [2.24, 2.45) is 5.41 Å². The molecule has 1 aliphatic carbocycles. The largest absolute Gasteiger partial charge is 0.382 e. The van der Waals surface area contributed by atoms with Gasteiger partial charge in [0.25, 0.3) is 0 Å². The third kappa shape index (κ3) is 3.23. The van der Waals surface area contributed by atoms with E-state index in [1.54, 1.807) is 11.0 Å². The molecule has 3 rings (SSSR count). The predicted molar refractivity (Wildman–Crippen MR) is 83.6 cm³/mol. The summed E-state index contributed by atoms with van der Waals surface area (Å²) >= 11 is 0. The van der Waals surface area contributed by atoms with Crippen molar-refractivity contribution < 1.29 is 0 Å². The van der Waals surface area contributed by atoms with E-state index in [1.807, 2.05) is 0 Å². The second kappa shape index (κ2) is 5.47. The molecule has 1 aromatic heterocycles. The Morgan fingerprint density at radius 2 is 2.19 bits per heavy atom. The average Bonchev–Trinajstić information content (AvgIpc) is 2.94. The molecule has 5 nitrogen and oxygen atoms in total. The number of nitrogens with zero attached hydrogens (tertiary/aromatic N) is 4. The molecule has 1 unspecified atom stereocenters. The molecule has 0 saturated heterocycles. The van der Waals surface area contributed by atoms with Gasteiger partial charge in [-0.15, -0.1) is 5.10 Å². The van der Waals surface area contributed by atoms with E-state index >= 15 is 0 Å². The molecule has 1 aliphatic rings. The molecule has 0 radical (unpaired) electrons. The minimum atomic E-state index is 0.444. The number of hydrogen-bond acceptors (Lipinski definition) is 4. The lowest BCUT2D eigenvalue weighted by Crippen LogP contribution is -2.31. The lowest BCUT2D eigenvalue weighted by molar-refractivity contribution is 0.229. The summed E-state index contributed by atoms with van der Waals surface area (Å²) in [4.78, 5) is 0. The minimum absolute atomic E-state index is 0.444. The van der Waals surface area contributed by atoms with Crippen LogP contribution >= 0.6 is 0 Å². The number of benzene rings is 1. The van der Waals surface area contributed by atoms with Crippen molar-refractivity contribution in [3.63, 3.8) is 0 Å². The Morgan fingerprint density at radius 3 is 2.90 bits per heavy atom. The van der Waals surface area contributed by atoms with Gasteiger partial charge >= 0.3 is 0 Å². The normalized spacial score (nSPS) is 21.2. The summed E-state index contributed by atoms with van der Waals surface area (Å²) in [6, 6.07) is 6.95. The van der Waals surface area contributed by atoms with Crippen LogP contribution in [0.25, 0.3) is 5.69 Å². The van der Waals surface area contributed by atoms with E-state index in [0.29, 0.717) is 11.5 Å². The monoisotopic (exact) mass is 285 g/mol. The third-order valence-electron chi connectivity index (χ3n) is 4.38. The van der Waals surface area contributed by atoms with E-state index in [0.717, 1.165) is 16.9 Å². The first-order chi connectivity index (χ1) is 10.0. The Kier molecular flexibility index (Phi) is 3.66. The van der Waals surface area contributed by atoms with Crippen molar-refractivity contribution in [1.29, 1.82) is 0 Å². The quantitative estimate of drug-likeness (QED) is 0.939. The second-order valence-electron chi connectivity index (χ2n) is 6.86. The molecule has 1 heterocycles. The highest BCUT2D eigenvalue weighted by Gasteiger charge is 2.27. The van der Waals surface area contributed by atoms with Crippen molar-refractivity contribution >= 4 is 5.69 Å². The molecule has 0 spiro atoms. The average molecular weight is 285 g/mol. The van der Waals surface area contributed by atoms with Crippen LogP contribution in [0, 0.1) is 12.3 Å². The van der Waals surface area contributed by atoms with Gasteiger partial charge in [-0.25, -0.2) is 4.68 Å². The van der Waals surface area contributed by atoms with Crippen molar-refractivity contribution in [2.75, 3.05) is 5.32 Å². The van der Waals surface area contributed by atoms with Crippen LogP contribution in [0.15, 0.2) is 24.5 Å². The summed E-state index contributed by atoms with van der Waals surface area (Å²) in [5.74, 6) is 0. The van der Waals surface area contributed by atoms with Crippen molar-refractivity contribution in [3.05, 3.63) is 30.1 Å². The second-order valence-corrected chi connectivity index (χ2v) is 6.86. The maximum Gasteiger partial charge on any atom is 0.143 e. The number of aromatic nitrogens is 4. The van der Waals surface area contributed by atoms with E-state index in [9.17, 15) is 0 Å². The van der Waals surface area contributed by atoms with Crippen molar-refractivity contribution in [1.82, 2.24) is 20.2 Å². The highest BCUT2D eigenvalue weighted by Crippen LogP contribution is 2.36. The fourth-order valence-electron chi connectivity index (χ4n) is 3.27. The number of tetrazole rings is 1. The molecule has 1 aromatic carbocycles. The smallest absolute Gasteiger partial charge is 0.143 e. The van der Waals surface area contributed by atoms with Gasteiger partial charge in [0, 0.05) is 11.7 Å². The maximum atomic E-state index is 3.99. The van der Waals surface area contributed by atoms with Gasteiger partial charge in [-0.1, -0.05) is 26.3 Å². The molecule has 1 N–H and O–H groups in total. The van der Waals surface area contributed by atoms with Gasteiger partial charge < -0.3 is 5.32 Å². The van der Waals surface area contributed by atoms with Gasteiger partial charge in [-0.2, -0.15) is 0 Å². The number of aryl methyl sites for hydroxylation is 1. The molecule has 1 atom stereocenters. The van der Waals surface area contributed by atoms with Crippen LogP contribution in [-0.4, -0.2) is 26.2 Å². The Labute approximate surface area is 125 Å². The van der Waals surface area contributed by atoms with Gasteiger partial charge in [0.05, 0.1) is 5.69 Å². The number of anilines is 1.